The summed E-state index contributed by atoms with van der Waals surface area (Å²) in [6, 6.07) is 15.8. The van der Waals surface area contributed by atoms with Gasteiger partial charge in [-0.25, -0.2) is 9.18 Å². The molecule has 1 aliphatic heterocycles. The van der Waals surface area contributed by atoms with E-state index in [1.165, 1.54) is 24.4 Å². The van der Waals surface area contributed by atoms with Crippen LogP contribution in [-0.4, -0.2) is 76.7 Å². The summed E-state index contributed by atoms with van der Waals surface area (Å²) in [5.74, 6) is -0.513. The zero-order valence-electron chi connectivity index (χ0n) is 28.3. The van der Waals surface area contributed by atoms with Gasteiger partial charge in [0.1, 0.15) is 5.75 Å². The molecule has 14 heteroatoms. The Bertz CT molecular complexity index is 2200. The summed E-state index contributed by atoms with van der Waals surface area (Å²) in [4.78, 5) is 46.4. The summed E-state index contributed by atoms with van der Waals surface area (Å²) in [7, 11) is 1.55. The third-order valence-corrected chi connectivity index (χ3v) is 8.31. The fourth-order valence-corrected chi connectivity index (χ4v) is 5.66. The van der Waals surface area contributed by atoms with Gasteiger partial charge in [-0.15, -0.1) is 6.58 Å². The highest BCUT2D eigenvalue weighted by Gasteiger charge is 2.22. The first-order valence-corrected chi connectivity index (χ1v) is 16.4. The number of pyridine rings is 1. The quantitative estimate of drug-likeness (QED) is 0.136. The van der Waals surface area contributed by atoms with Gasteiger partial charge in [0.15, 0.2) is 23.1 Å². The van der Waals surface area contributed by atoms with Gasteiger partial charge >= 0.3 is 5.69 Å². The van der Waals surface area contributed by atoms with E-state index in [0.717, 1.165) is 54.6 Å². The maximum Gasteiger partial charge on any atom is 0.352 e. The van der Waals surface area contributed by atoms with Crippen LogP contribution in [0.5, 0.6) is 23.0 Å². The number of methoxy groups -OCH3 is 1. The maximum atomic E-state index is 15.5. The summed E-state index contributed by atoms with van der Waals surface area (Å²) in [6.07, 6.45) is 3.71. The van der Waals surface area contributed by atoms with E-state index < -0.39 is 28.7 Å². The Morgan fingerprint density at radius 2 is 1.84 bits per heavy atom. The van der Waals surface area contributed by atoms with Crippen molar-refractivity contribution in [1.82, 2.24) is 24.2 Å². The van der Waals surface area contributed by atoms with Crippen molar-refractivity contribution < 1.29 is 28.1 Å². The molecule has 0 saturated carbocycles. The molecule has 1 fully saturated rings. The molecular formula is C37H37FN6O7. The number of fused-ring (bicyclic) bond motifs is 1. The van der Waals surface area contributed by atoms with Crippen molar-refractivity contribution in [2.24, 2.45) is 0 Å². The van der Waals surface area contributed by atoms with Crippen LogP contribution in [0.15, 0.2) is 89.1 Å². The van der Waals surface area contributed by atoms with Crippen LogP contribution < -0.4 is 30.8 Å². The minimum absolute atomic E-state index is 0.0343. The Balaban J connectivity index is 1.21. The van der Waals surface area contributed by atoms with Gasteiger partial charge in [-0.2, -0.15) is 9.78 Å². The van der Waals surface area contributed by atoms with E-state index in [2.05, 4.69) is 26.9 Å². The molecule has 13 nitrogen and oxygen atoms in total. The number of para-hydroxylation sites is 1. The fourth-order valence-electron chi connectivity index (χ4n) is 5.66. The number of nitrogens with zero attached hydrogens (tertiary/aromatic N) is 5. The molecule has 0 spiro atoms. The molecule has 0 radical (unpaired) electrons. The Kier molecular flexibility index (Phi) is 10.8. The molecular weight excluding hydrogens is 659 g/mol. The highest BCUT2D eigenvalue weighted by molar-refractivity contribution is 6.02. The summed E-state index contributed by atoms with van der Waals surface area (Å²) < 4.78 is 40.4. The first kappa shape index (κ1) is 35.0. The number of aromatic nitrogens is 4. The van der Waals surface area contributed by atoms with Crippen molar-refractivity contribution in [3.8, 4) is 28.7 Å². The number of anilines is 1. The van der Waals surface area contributed by atoms with Gasteiger partial charge in [0.2, 0.25) is 5.69 Å². The number of hydrogen-bond acceptors (Lipinski definition) is 10. The number of halogens is 1. The molecule has 264 valence electrons. The lowest BCUT2D eigenvalue weighted by Gasteiger charge is -2.26. The molecule has 1 N–H and O–H groups in total. The van der Waals surface area contributed by atoms with Crippen LogP contribution in [0.25, 0.3) is 16.6 Å². The molecule has 0 unspecified atom stereocenters. The minimum Gasteiger partial charge on any atom is -0.493 e. The summed E-state index contributed by atoms with van der Waals surface area (Å²) in [6.45, 7) is 9.83. The van der Waals surface area contributed by atoms with Crippen molar-refractivity contribution in [3.05, 3.63) is 117 Å². The van der Waals surface area contributed by atoms with Gasteiger partial charge in [0.25, 0.3) is 11.5 Å². The van der Waals surface area contributed by atoms with Crippen LogP contribution >= 0.6 is 0 Å². The van der Waals surface area contributed by atoms with Crippen molar-refractivity contribution in [2.45, 2.75) is 19.9 Å². The highest BCUT2D eigenvalue weighted by atomic mass is 19.1. The molecule has 0 aliphatic carbocycles. The van der Waals surface area contributed by atoms with Crippen LogP contribution in [0.3, 0.4) is 0 Å². The second-order valence-electron chi connectivity index (χ2n) is 11.7. The van der Waals surface area contributed by atoms with E-state index in [4.69, 9.17) is 18.9 Å². The van der Waals surface area contributed by atoms with Crippen molar-refractivity contribution in [1.29, 1.82) is 0 Å². The molecule has 0 bridgehead atoms. The highest BCUT2D eigenvalue weighted by Crippen LogP contribution is 2.38. The fraction of sp³-hybridized carbons (Fsp3) is 0.270. The van der Waals surface area contributed by atoms with Gasteiger partial charge in [-0.1, -0.05) is 24.3 Å². The Morgan fingerprint density at radius 1 is 1.04 bits per heavy atom. The topological polar surface area (TPSA) is 139 Å². The molecule has 3 aromatic carbocycles. The Morgan fingerprint density at radius 3 is 2.59 bits per heavy atom. The Labute approximate surface area is 292 Å². The van der Waals surface area contributed by atoms with E-state index in [1.807, 2.05) is 0 Å². The molecule has 6 rings (SSSR count). The van der Waals surface area contributed by atoms with Gasteiger partial charge in [0, 0.05) is 55.6 Å². The lowest BCUT2D eigenvalue weighted by molar-refractivity contribution is 0.0357. The first-order chi connectivity index (χ1) is 24.8. The second-order valence-corrected chi connectivity index (χ2v) is 11.7. The number of morpholine rings is 1. The first-order valence-electron chi connectivity index (χ1n) is 16.4. The number of carbonyl (C=O) groups excluding carboxylic acids is 1. The van der Waals surface area contributed by atoms with Crippen LogP contribution in [0, 0.1) is 12.7 Å². The average molecular weight is 697 g/mol. The smallest absolute Gasteiger partial charge is 0.352 e. The largest absolute Gasteiger partial charge is 0.493 e. The van der Waals surface area contributed by atoms with Crippen molar-refractivity contribution >= 4 is 22.5 Å². The minimum atomic E-state index is -0.931. The molecule has 2 aromatic heterocycles. The third kappa shape index (κ3) is 7.82. The van der Waals surface area contributed by atoms with Crippen LogP contribution in [0.2, 0.25) is 0 Å². The average Bonchev–Trinajstić information content (AvgIpc) is 3.13. The summed E-state index contributed by atoms with van der Waals surface area (Å²) in [5, 5.41) is 7.18. The van der Waals surface area contributed by atoms with Gasteiger partial charge in [-0.3, -0.25) is 24.0 Å². The van der Waals surface area contributed by atoms with Gasteiger partial charge in [0.05, 0.1) is 38.1 Å². The third-order valence-electron chi connectivity index (χ3n) is 8.31. The molecule has 1 amide bonds. The number of amides is 1. The predicted molar refractivity (Wildman–Crippen MR) is 189 cm³/mol. The number of nitrogens with one attached hydrogen (secondary N) is 1. The normalized spacial score (nSPS) is 13.2. The van der Waals surface area contributed by atoms with E-state index in [-0.39, 0.29) is 18.0 Å². The number of allylic oxidation sites excluding steroid dienone is 1. The van der Waals surface area contributed by atoms with Gasteiger partial charge in [-0.05, 0) is 49.2 Å². The zero-order chi connectivity index (χ0) is 35.9. The monoisotopic (exact) mass is 696 g/mol. The molecule has 0 atom stereocenters. The summed E-state index contributed by atoms with van der Waals surface area (Å²) >= 11 is 0. The molecule has 5 aromatic rings. The number of benzene rings is 3. The lowest BCUT2D eigenvalue weighted by atomic mass is 10.1. The standard InChI is InChI=1S/C37H37FN6O7/c1-4-14-43-36(46)34(41-44(37(43)47)29-9-6-5-8-24(29)2)35(45)40-25-10-11-31(27(38)21-25)51-30-12-13-39-28-23-32(48-3)33(22-26(28)30)50-18-7-15-42-16-19-49-20-17-42/h4-6,8-13,21-23H,1,7,14-20H2,2-3H3,(H,40,45). The van der Waals surface area contributed by atoms with E-state index in [0.29, 0.717) is 46.0 Å². The number of ether oxygens (including phenoxy) is 4. The van der Waals surface area contributed by atoms with Crippen LogP contribution in [0.1, 0.15) is 22.5 Å². The van der Waals surface area contributed by atoms with Crippen LogP contribution in [0.4, 0.5) is 10.1 Å². The molecule has 1 aliphatic rings. The molecule has 51 heavy (non-hydrogen) atoms. The van der Waals surface area contributed by atoms with Crippen molar-refractivity contribution in [3.63, 3.8) is 0 Å². The van der Waals surface area contributed by atoms with Crippen LogP contribution in [-0.2, 0) is 11.3 Å². The molecule has 1 saturated heterocycles. The second kappa shape index (κ2) is 15.8. The van der Waals surface area contributed by atoms with E-state index in [1.54, 1.807) is 56.5 Å². The molecule has 3 heterocycles. The van der Waals surface area contributed by atoms with E-state index in [9.17, 15) is 14.4 Å². The Hall–Kier alpha value is -5.86. The number of carbonyl (C=O) groups is 1. The zero-order valence-corrected chi connectivity index (χ0v) is 28.3. The summed E-state index contributed by atoms with van der Waals surface area (Å²) in [5.41, 5.74) is -0.524. The number of rotatable bonds is 13. The SMILES string of the molecule is C=CCn1c(=O)c(C(=O)Nc2ccc(Oc3ccnc4cc(OC)c(OCCCN5CCOCC5)cc34)c(F)c2)nn(-c2ccccc2C)c1=O. The van der Waals surface area contributed by atoms with Crippen molar-refractivity contribution in [2.75, 3.05) is 51.9 Å². The van der Waals surface area contributed by atoms with E-state index >= 15 is 4.39 Å². The number of aryl methyl sites for hydroxylation is 1. The number of hydrogen-bond donors (Lipinski definition) is 1. The maximum absolute atomic E-state index is 15.5. The lowest BCUT2D eigenvalue weighted by Crippen LogP contribution is -2.44. The predicted octanol–water partition coefficient (Wildman–Crippen LogP) is 4.73. The van der Waals surface area contributed by atoms with Gasteiger partial charge < -0.3 is 24.3 Å².